The van der Waals surface area contributed by atoms with Crippen molar-refractivity contribution in [3.63, 3.8) is 0 Å². The van der Waals surface area contributed by atoms with Crippen LogP contribution in [0.15, 0.2) is 24.3 Å². The van der Waals surface area contributed by atoms with Crippen LogP contribution in [-0.2, 0) is 19.8 Å². The normalized spacial score (nSPS) is 24.5. The van der Waals surface area contributed by atoms with Crippen LogP contribution in [0.2, 0.25) is 5.02 Å². The molecule has 1 aliphatic rings. The van der Waals surface area contributed by atoms with Crippen molar-refractivity contribution in [2.45, 2.75) is 57.3 Å². The summed E-state index contributed by atoms with van der Waals surface area (Å²) >= 11 is 6.33. The van der Waals surface area contributed by atoms with E-state index in [1.807, 2.05) is 0 Å². The van der Waals surface area contributed by atoms with E-state index >= 15 is 0 Å². The summed E-state index contributed by atoms with van der Waals surface area (Å²) in [5, 5.41) is 3.21. The molecular weight excluding hydrogens is 330 g/mol. The summed E-state index contributed by atoms with van der Waals surface area (Å²) in [7, 11) is 1.50. The molecule has 0 bridgehead atoms. The van der Waals surface area contributed by atoms with Gasteiger partial charge in [0.2, 0.25) is 0 Å². The number of rotatable bonds is 3. The molecule has 2 atom stereocenters. The van der Waals surface area contributed by atoms with Crippen LogP contribution in [0.1, 0.15) is 45.6 Å². The summed E-state index contributed by atoms with van der Waals surface area (Å²) < 4.78 is 10.7. The summed E-state index contributed by atoms with van der Waals surface area (Å²) in [5.74, 6) is -0.199. The topological polar surface area (TPSA) is 64.6 Å². The van der Waals surface area contributed by atoms with Crippen LogP contribution >= 0.6 is 11.6 Å². The Labute approximate surface area is 147 Å². The highest BCUT2D eigenvalue weighted by molar-refractivity contribution is 6.31. The summed E-state index contributed by atoms with van der Waals surface area (Å²) in [6.45, 7) is 5.32. The van der Waals surface area contributed by atoms with Crippen LogP contribution in [0, 0.1) is 0 Å². The molecule has 1 amide bonds. The van der Waals surface area contributed by atoms with E-state index in [2.05, 4.69) is 5.32 Å². The lowest BCUT2D eigenvalue weighted by Gasteiger charge is -2.40. The maximum Gasteiger partial charge on any atom is 0.408 e. The molecule has 0 saturated heterocycles. The van der Waals surface area contributed by atoms with Crippen LogP contribution in [0.3, 0.4) is 0 Å². The second kappa shape index (κ2) is 7.11. The number of ketones is 1. The van der Waals surface area contributed by atoms with Gasteiger partial charge < -0.3 is 14.8 Å². The van der Waals surface area contributed by atoms with Gasteiger partial charge in [0.05, 0.1) is 0 Å². The third kappa shape index (κ3) is 3.90. The molecule has 0 aromatic heterocycles. The second-order valence-electron chi connectivity index (χ2n) is 6.99. The zero-order valence-electron chi connectivity index (χ0n) is 14.5. The van der Waals surface area contributed by atoms with Gasteiger partial charge in [-0.2, -0.15) is 0 Å². The van der Waals surface area contributed by atoms with E-state index in [4.69, 9.17) is 21.1 Å². The molecule has 24 heavy (non-hydrogen) atoms. The molecule has 0 spiro atoms. The van der Waals surface area contributed by atoms with Crippen LogP contribution in [-0.4, -0.2) is 30.7 Å². The molecule has 0 heterocycles. The highest BCUT2D eigenvalue weighted by Gasteiger charge is 2.49. The fourth-order valence-electron chi connectivity index (χ4n) is 3.05. The highest BCUT2D eigenvalue weighted by Crippen LogP contribution is 2.39. The molecule has 1 saturated carbocycles. The number of Topliss-reactive ketones (excluding diaryl/α,β-unsaturated/α-hetero) is 1. The zero-order valence-corrected chi connectivity index (χ0v) is 15.3. The molecule has 5 nitrogen and oxygen atoms in total. The predicted octanol–water partition coefficient (Wildman–Crippen LogP) is 3.83. The molecule has 1 aromatic carbocycles. The van der Waals surface area contributed by atoms with Crippen molar-refractivity contribution in [2.24, 2.45) is 0 Å². The average Bonchev–Trinajstić information content (AvgIpc) is 2.48. The van der Waals surface area contributed by atoms with Gasteiger partial charge in [-0.3, -0.25) is 4.79 Å². The first-order chi connectivity index (χ1) is 11.2. The van der Waals surface area contributed by atoms with E-state index in [1.165, 1.54) is 7.11 Å². The van der Waals surface area contributed by atoms with Gasteiger partial charge in [-0.25, -0.2) is 4.79 Å². The quantitative estimate of drug-likeness (QED) is 0.897. The van der Waals surface area contributed by atoms with Gasteiger partial charge in [-0.05, 0) is 46.1 Å². The van der Waals surface area contributed by atoms with E-state index < -0.39 is 23.3 Å². The average molecular weight is 354 g/mol. The molecule has 0 radical (unpaired) electrons. The molecule has 1 fully saturated rings. The molecule has 1 N–H and O–H groups in total. The molecule has 2 rings (SSSR count). The number of nitrogens with one attached hydrogen (secondary N) is 1. The minimum atomic E-state index is -1.24. The van der Waals surface area contributed by atoms with Gasteiger partial charge >= 0.3 is 6.09 Å². The molecule has 0 aliphatic heterocycles. The lowest BCUT2D eigenvalue weighted by atomic mass is 9.74. The summed E-state index contributed by atoms with van der Waals surface area (Å²) in [4.78, 5) is 25.5. The Balaban J connectivity index is 2.44. The Hall–Kier alpha value is -1.59. The molecule has 6 heteroatoms. The summed E-state index contributed by atoms with van der Waals surface area (Å²) in [6, 6.07) is 7.05. The first-order valence-corrected chi connectivity index (χ1v) is 8.41. The predicted molar refractivity (Wildman–Crippen MR) is 92.2 cm³/mol. The minimum Gasteiger partial charge on any atom is -0.444 e. The van der Waals surface area contributed by atoms with Crippen molar-refractivity contribution in [1.29, 1.82) is 0 Å². The molecule has 1 unspecified atom stereocenters. The first-order valence-electron chi connectivity index (χ1n) is 8.03. The Morgan fingerprint density at radius 2 is 2.00 bits per heavy atom. The number of amides is 1. The van der Waals surface area contributed by atoms with Gasteiger partial charge in [0.25, 0.3) is 0 Å². The molecule has 132 valence electrons. The summed E-state index contributed by atoms with van der Waals surface area (Å²) in [6.07, 6.45) is 0.578. The van der Waals surface area contributed by atoms with Crippen LogP contribution in [0.4, 0.5) is 4.79 Å². The van der Waals surface area contributed by atoms with Crippen molar-refractivity contribution in [2.75, 3.05) is 7.11 Å². The van der Waals surface area contributed by atoms with Gasteiger partial charge in [0.15, 0.2) is 5.78 Å². The number of ether oxygens (including phenoxy) is 2. The Bertz CT molecular complexity index is 626. The van der Waals surface area contributed by atoms with Gasteiger partial charge in [-0.15, -0.1) is 0 Å². The second-order valence-corrected chi connectivity index (χ2v) is 7.40. The van der Waals surface area contributed by atoms with Gasteiger partial charge in [0.1, 0.15) is 17.2 Å². The largest absolute Gasteiger partial charge is 0.444 e. The third-order valence-electron chi connectivity index (χ3n) is 4.06. The number of methoxy groups -OCH3 is 1. The van der Waals surface area contributed by atoms with Crippen molar-refractivity contribution in [3.8, 4) is 0 Å². The summed E-state index contributed by atoms with van der Waals surface area (Å²) in [5.41, 5.74) is -1.33. The zero-order chi connectivity index (χ0) is 18.0. The number of carbonyl (C=O) groups excluding carboxylic acids is 2. The third-order valence-corrected chi connectivity index (χ3v) is 4.39. The first kappa shape index (κ1) is 18.7. The number of alkyl carbamates (subject to hydrolysis) is 1. The Morgan fingerprint density at radius 1 is 1.33 bits per heavy atom. The maximum atomic E-state index is 13.1. The lowest BCUT2D eigenvalue weighted by Crippen LogP contribution is -2.58. The Morgan fingerprint density at radius 3 is 2.58 bits per heavy atom. The smallest absolute Gasteiger partial charge is 0.408 e. The van der Waals surface area contributed by atoms with Crippen molar-refractivity contribution in [1.82, 2.24) is 5.32 Å². The maximum absolute atomic E-state index is 13.1. The molecule has 1 aliphatic carbocycles. The van der Waals surface area contributed by atoms with Crippen molar-refractivity contribution < 1.29 is 19.1 Å². The van der Waals surface area contributed by atoms with E-state index in [9.17, 15) is 9.59 Å². The lowest BCUT2D eigenvalue weighted by molar-refractivity contribution is -0.140. The van der Waals surface area contributed by atoms with E-state index in [0.29, 0.717) is 23.4 Å². The number of hydrogen-bond acceptors (Lipinski definition) is 4. The Kier molecular flexibility index (Phi) is 5.56. The number of halogens is 1. The van der Waals surface area contributed by atoms with Gasteiger partial charge in [0, 0.05) is 17.7 Å². The number of hydrogen-bond donors (Lipinski definition) is 1. The molecule has 1 aromatic rings. The monoisotopic (exact) mass is 353 g/mol. The van der Waals surface area contributed by atoms with E-state index in [-0.39, 0.29) is 5.78 Å². The van der Waals surface area contributed by atoms with Crippen LogP contribution in [0.5, 0.6) is 0 Å². The number of carbonyl (C=O) groups is 2. The SMILES string of the molecule is COC1CCC[C@](NC(=O)OC(C)(C)C)(c2ccccc2Cl)C1=O. The van der Waals surface area contributed by atoms with Crippen molar-refractivity contribution >= 4 is 23.5 Å². The standard InChI is InChI=1S/C18H24ClNO4/c1-17(2,3)24-16(22)20-18(12-8-5-6-9-13(12)19)11-7-10-14(23-4)15(18)21/h5-6,8-9,14H,7,10-11H2,1-4H3,(H,20,22)/t14?,18-/m0/s1. The van der Waals surface area contributed by atoms with Gasteiger partial charge in [-0.1, -0.05) is 29.8 Å². The minimum absolute atomic E-state index is 0.199. The molecular formula is C18H24ClNO4. The van der Waals surface area contributed by atoms with Crippen LogP contribution in [0.25, 0.3) is 0 Å². The number of benzene rings is 1. The fourth-order valence-corrected chi connectivity index (χ4v) is 3.35. The van der Waals surface area contributed by atoms with E-state index in [1.54, 1.807) is 45.0 Å². The fraction of sp³-hybridized carbons (Fsp3) is 0.556. The van der Waals surface area contributed by atoms with Crippen LogP contribution < -0.4 is 5.32 Å². The van der Waals surface area contributed by atoms with Crippen molar-refractivity contribution in [3.05, 3.63) is 34.9 Å². The highest BCUT2D eigenvalue weighted by atomic mass is 35.5. The van der Waals surface area contributed by atoms with E-state index in [0.717, 1.165) is 6.42 Å².